The first-order chi connectivity index (χ1) is 13.9. The highest BCUT2D eigenvalue weighted by Gasteiger charge is 2.68. The molecule has 1 N–H and O–H groups in total. The second-order valence-electron chi connectivity index (χ2n) is 9.02. The molecule has 7 heteroatoms. The third-order valence-corrected chi connectivity index (χ3v) is 6.72. The van der Waals surface area contributed by atoms with Crippen molar-refractivity contribution < 1.29 is 18.7 Å². The number of hydrogen-bond donors (Lipinski definition) is 1. The molecule has 29 heavy (non-hydrogen) atoms. The van der Waals surface area contributed by atoms with Crippen molar-refractivity contribution in [3.63, 3.8) is 0 Å². The summed E-state index contributed by atoms with van der Waals surface area (Å²) in [5.74, 6) is 1.88. The fourth-order valence-corrected chi connectivity index (χ4v) is 4.99. The van der Waals surface area contributed by atoms with E-state index in [-0.39, 0.29) is 35.0 Å². The van der Waals surface area contributed by atoms with Crippen LogP contribution in [-0.4, -0.2) is 28.8 Å². The van der Waals surface area contributed by atoms with Crippen LogP contribution < -0.4 is 10.1 Å². The van der Waals surface area contributed by atoms with Gasteiger partial charge in [0.25, 0.3) is 5.91 Å². The van der Waals surface area contributed by atoms with E-state index in [0.717, 1.165) is 37.7 Å². The molecule has 6 nitrogen and oxygen atoms in total. The molecule has 1 heterocycles. The largest absolute Gasteiger partial charge is 0.486 e. The number of aryl methyl sites for hydroxylation is 1. The molecular weight excluding hydrogens is 392 g/mol. The number of nitrogens with one attached hydrogen (secondary N) is 1. The molecule has 0 unspecified atom stereocenters. The Balaban J connectivity index is 1.08. The van der Waals surface area contributed by atoms with Crippen LogP contribution in [0.5, 0.6) is 5.75 Å². The van der Waals surface area contributed by atoms with Gasteiger partial charge >= 0.3 is 0 Å². The Morgan fingerprint density at radius 2 is 2.07 bits per heavy atom. The van der Waals surface area contributed by atoms with E-state index >= 15 is 0 Å². The number of carbonyl (C=O) groups excluding carboxylic acids is 2. The second-order valence-corrected chi connectivity index (χ2v) is 9.42. The van der Waals surface area contributed by atoms with Crippen molar-refractivity contribution in [2.45, 2.75) is 56.9 Å². The van der Waals surface area contributed by atoms with Crippen LogP contribution in [-0.2, 0) is 4.79 Å². The number of amides is 1. The molecule has 1 aromatic heterocycles. The average molecular weight is 415 g/mol. The summed E-state index contributed by atoms with van der Waals surface area (Å²) in [5.41, 5.74) is 0.757. The zero-order valence-corrected chi connectivity index (χ0v) is 17.1. The number of carbonyl (C=O) groups is 2. The number of Topliss-reactive ketones (excluding diaryl/α,β-unsaturated/α-hetero) is 1. The minimum absolute atomic E-state index is 0.0181. The molecule has 1 aromatic carbocycles. The Kier molecular flexibility index (Phi) is 4.24. The van der Waals surface area contributed by atoms with E-state index in [4.69, 9.17) is 20.8 Å². The van der Waals surface area contributed by atoms with Gasteiger partial charge in [-0.3, -0.25) is 9.59 Å². The molecule has 0 spiro atoms. The third kappa shape index (κ3) is 3.54. The zero-order chi connectivity index (χ0) is 20.2. The molecular formula is C22H23ClN2O4. The van der Waals surface area contributed by atoms with Crippen molar-refractivity contribution in [1.29, 1.82) is 0 Å². The monoisotopic (exact) mass is 414 g/mol. The molecule has 6 rings (SSSR count). The summed E-state index contributed by atoms with van der Waals surface area (Å²) in [4.78, 5) is 29.0. The van der Waals surface area contributed by atoms with Crippen LogP contribution in [0.3, 0.4) is 0 Å². The van der Waals surface area contributed by atoms with Gasteiger partial charge in [0.1, 0.15) is 12.4 Å². The van der Waals surface area contributed by atoms with E-state index < -0.39 is 0 Å². The SMILES string of the molecule is Cc1cc(OCC(=O)CC23CC(NC(=O)c4cnc(C5CC5)o4)(C2)C3)ccc1Cl. The maximum atomic E-state index is 12.4. The normalized spacial score (nSPS) is 27.0. The smallest absolute Gasteiger partial charge is 0.289 e. The van der Waals surface area contributed by atoms with Crippen LogP contribution in [0, 0.1) is 12.3 Å². The maximum absolute atomic E-state index is 12.4. The van der Waals surface area contributed by atoms with Gasteiger partial charge in [-0.15, -0.1) is 0 Å². The summed E-state index contributed by atoms with van der Waals surface area (Å²) in [7, 11) is 0. The van der Waals surface area contributed by atoms with Crippen LogP contribution in [0.4, 0.5) is 0 Å². The van der Waals surface area contributed by atoms with Gasteiger partial charge in [-0.05, 0) is 68.2 Å². The minimum Gasteiger partial charge on any atom is -0.486 e. The Morgan fingerprint density at radius 1 is 1.31 bits per heavy atom. The first-order valence-electron chi connectivity index (χ1n) is 10.0. The molecule has 0 aliphatic heterocycles. The van der Waals surface area contributed by atoms with Gasteiger partial charge < -0.3 is 14.5 Å². The lowest BCUT2D eigenvalue weighted by Gasteiger charge is -2.70. The number of benzene rings is 1. The van der Waals surface area contributed by atoms with Gasteiger partial charge in [-0.2, -0.15) is 0 Å². The minimum atomic E-state index is -0.203. The van der Waals surface area contributed by atoms with Gasteiger partial charge in [0, 0.05) is 22.9 Å². The number of hydrogen-bond acceptors (Lipinski definition) is 5. The topological polar surface area (TPSA) is 81.4 Å². The predicted molar refractivity (Wildman–Crippen MR) is 106 cm³/mol. The number of nitrogens with zero attached hydrogens (tertiary/aromatic N) is 1. The zero-order valence-electron chi connectivity index (χ0n) is 16.3. The highest BCUT2D eigenvalue weighted by Crippen LogP contribution is 2.69. The van der Waals surface area contributed by atoms with E-state index in [1.54, 1.807) is 12.1 Å². The lowest BCUT2D eigenvalue weighted by atomic mass is 9.38. The molecule has 2 aromatic rings. The first-order valence-corrected chi connectivity index (χ1v) is 10.4. The van der Waals surface area contributed by atoms with Crippen molar-refractivity contribution in [1.82, 2.24) is 10.3 Å². The highest BCUT2D eigenvalue weighted by molar-refractivity contribution is 6.31. The van der Waals surface area contributed by atoms with Crippen molar-refractivity contribution in [3.8, 4) is 5.75 Å². The summed E-state index contributed by atoms with van der Waals surface area (Å²) in [6.45, 7) is 1.96. The number of rotatable bonds is 8. The first kappa shape index (κ1) is 18.7. The Morgan fingerprint density at radius 3 is 2.76 bits per heavy atom. The predicted octanol–water partition coefficient (Wildman–Crippen LogP) is 4.20. The summed E-state index contributed by atoms with van der Waals surface area (Å²) >= 11 is 6.01. The molecule has 152 valence electrons. The molecule has 0 radical (unpaired) electrons. The number of ketones is 1. The molecule has 2 bridgehead atoms. The van der Waals surface area contributed by atoms with Crippen LogP contribution in [0.1, 0.15) is 66.5 Å². The summed E-state index contributed by atoms with van der Waals surface area (Å²) < 4.78 is 11.2. The lowest BCUT2D eigenvalue weighted by Crippen LogP contribution is -2.75. The van der Waals surface area contributed by atoms with E-state index in [0.29, 0.717) is 29.0 Å². The molecule has 4 aliphatic rings. The van der Waals surface area contributed by atoms with Crippen molar-refractivity contribution >= 4 is 23.3 Å². The molecule has 4 saturated carbocycles. The third-order valence-electron chi connectivity index (χ3n) is 6.29. The summed E-state index contributed by atoms with van der Waals surface area (Å²) in [6, 6.07) is 5.37. The Hall–Kier alpha value is -2.34. The molecule has 4 fully saturated rings. The standard InChI is InChI=1S/C22H23ClN2O4/c1-13-6-16(4-5-17(13)23)28-9-15(26)7-21-10-22(11-21,12-21)25-19(27)18-8-24-20(29-18)14-2-3-14/h4-6,8,14H,2-3,7,9-12H2,1H3,(H,25,27). The van der Waals surface area contributed by atoms with E-state index in [9.17, 15) is 9.59 Å². The average Bonchev–Trinajstić information content (AvgIpc) is 3.36. The number of ether oxygens (including phenoxy) is 1. The van der Waals surface area contributed by atoms with Crippen molar-refractivity contribution in [2.24, 2.45) is 5.41 Å². The summed E-state index contributed by atoms with van der Waals surface area (Å²) in [5, 5.41) is 3.77. The molecule has 0 saturated heterocycles. The van der Waals surface area contributed by atoms with Gasteiger partial charge in [0.15, 0.2) is 11.7 Å². The Labute approximate surface area is 174 Å². The van der Waals surface area contributed by atoms with E-state index in [1.165, 1.54) is 6.20 Å². The van der Waals surface area contributed by atoms with Gasteiger partial charge in [0.2, 0.25) is 5.76 Å². The van der Waals surface area contributed by atoms with Gasteiger partial charge in [0.05, 0.1) is 6.20 Å². The lowest BCUT2D eigenvalue weighted by molar-refractivity contribution is -0.162. The van der Waals surface area contributed by atoms with Gasteiger partial charge in [-0.1, -0.05) is 11.6 Å². The number of aromatic nitrogens is 1. The van der Waals surface area contributed by atoms with Crippen molar-refractivity contribution in [3.05, 3.63) is 46.6 Å². The Bertz CT molecular complexity index is 975. The fourth-order valence-electron chi connectivity index (χ4n) is 4.87. The maximum Gasteiger partial charge on any atom is 0.289 e. The van der Waals surface area contributed by atoms with E-state index in [2.05, 4.69) is 10.3 Å². The van der Waals surface area contributed by atoms with Crippen LogP contribution >= 0.6 is 11.6 Å². The number of halogens is 1. The summed E-state index contributed by atoms with van der Waals surface area (Å²) in [6.07, 6.45) is 6.69. The van der Waals surface area contributed by atoms with Crippen molar-refractivity contribution in [2.75, 3.05) is 6.61 Å². The van der Waals surface area contributed by atoms with E-state index in [1.807, 2.05) is 13.0 Å². The highest BCUT2D eigenvalue weighted by atomic mass is 35.5. The van der Waals surface area contributed by atoms with Crippen LogP contribution in [0.25, 0.3) is 0 Å². The second kappa shape index (κ2) is 6.59. The van der Waals surface area contributed by atoms with Crippen LogP contribution in [0.2, 0.25) is 5.02 Å². The fraction of sp³-hybridized carbons (Fsp3) is 0.500. The molecule has 4 aliphatic carbocycles. The van der Waals surface area contributed by atoms with Gasteiger partial charge in [-0.25, -0.2) is 4.98 Å². The quantitative estimate of drug-likeness (QED) is 0.699. The number of oxazole rings is 1. The van der Waals surface area contributed by atoms with Crippen LogP contribution in [0.15, 0.2) is 28.8 Å². The molecule has 0 atom stereocenters. The molecule has 1 amide bonds.